The van der Waals surface area contributed by atoms with Crippen molar-refractivity contribution in [1.82, 2.24) is 14.5 Å². The SMILES string of the molecule is COc1ccc(/C=C/C(=O)c2ccc(-n3ccnc3)cc2)cc1CSc1nc(C(F)F)cc(C)c1C#N. The first-order chi connectivity index (χ1) is 17.9. The minimum Gasteiger partial charge on any atom is -0.496 e. The second-order valence-corrected chi connectivity index (χ2v) is 9.00. The zero-order valence-electron chi connectivity index (χ0n) is 20.1. The summed E-state index contributed by atoms with van der Waals surface area (Å²) in [6, 6.07) is 16.0. The Bertz CT molecular complexity index is 1480. The molecule has 0 saturated carbocycles. The van der Waals surface area contributed by atoms with Crippen LogP contribution in [0.4, 0.5) is 8.78 Å². The Morgan fingerprint density at radius 2 is 2.00 bits per heavy atom. The molecule has 186 valence electrons. The summed E-state index contributed by atoms with van der Waals surface area (Å²) in [6.45, 7) is 1.62. The maximum Gasteiger partial charge on any atom is 0.280 e. The van der Waals surface area contributed by atoms with Gasteiger partial charge in [0.1, 0.15) is 22.5 Å². The second kappa shape index (κ2) is 11.6. The molecular formula is C28H22F2N4O2S. The molecule has 0 amide bonds. The fourth-order valence-corrected chi connectivity index (χ4v) is 4.70. The van der Waals surface area contributed by atoms with Crippen LogP contribution in [0.5, 0.6) is 5.75 Å². The van der Waals surface area contributed by atoms with E-state index < -0.39 is 6.43 Å². The van der Waals surface area contributed by atoms with Crippen LogP contribution < -0.4 is 4.74 Å². The quantitative estimate of drug-likeness (QED) is 0.142. The Hall–Kier alpha value is -4.29. The molecule has 0 saturated heterocycles. The molecule has 0 spiro atoms. The highest BCUT2D eigenvalue weighted by atomic mass is 32.2. The molecule has 0 aliphatic carbocycles. The number of benzene rings is 2. The van der Waals surface area contributed by atoms with Crippen molar-refractivity contribution in [3.05, 3.63) is 107 Å². The summed E-state index contributed by atoms with van der Waals surface area (Å²) in [4.78, 5) is 20.7. The number of hydrogen-bond acceptors (Lipinski definition) is 6. The number of carbonyl (C=O) groups is 1. The predicted molar refractivity (Wildman–Crippen MR) is 138 cm³/mol. The van der Waals surface area contributed by atoms with Crippen molar-refractivity contribution in [1.29, 1.82) is 5.26 Å². The van der Waals surface area contributed by atoms with Crippen LogP contribution in [0.2, 0.25) is 0 Å². The lowest BCUT2D eigenvalue weighted by molar-refractivity contribution is 0.104. The monoisotopic (exact) mass is 516 g/mol. The molecular weight excluding hydrogens is 494 g/mol. The van der Waals surface area contributed by atoms with Crippen molar-refractivity contribution >= 4 is 23.6 Å². The summed E-state index contributed by atoms with van der Waals surface area (Å²) in [6.07, 6.45) is 5.67. The molecule has 0 aliphatic rings. The minimum atomic E-state index is -2.73. The topological polar surface area (TPSA) is 80.8 Å². The van der Waals surface area contributed by atoms with Crippen molar-refractivity contribution in [2.75, 3.05) is 7.11 Å². The molecule has 0 atom stereocenters. The lowest BCUT2D eigenvalue weighted by Crippen LogP contribution is -1.99. The number of thioether (sulfide) groups is 1. The standard InChI is InChI=1S/C28H22F2N4O2S/c1-18-13-24(27(29)30)33-28(23(18)15-31)37-16-21-14-19(4-10-26(21)36-2)3-9-25(35)20-5-7-22(8-6-20)34-12-11-32-17-34/h3-14,17,27H,16H2,1-2H3/b9-3+. The van der Waals surface area contributed by atoms with Crippen LogP contribution in [0.15, 0.2) is 78.4 Å². The smallest absolute Gasteiger partial charge is 0.280 e. The predicted octanol–water partition coefficient (Wildman–Crippen LogP) is 6.58. The molecule has 0 radical (unpaired) electrons. The molecule has 0 aliphatic heterocycles. The number of alkyl halides is 2. The molecule has 0 fully saturated rings. The van der Waals surface area contributed by atoms with Crippen LogP contribution in [0.1, 0.15) is 44.7 Å². The van der Waals surface area contributed by atoms with Crippen molar-refractivity contribution < 1.29 is 18.3 Å². The Morgan fingerprint density at radius 1 is 1.22 bits per heavy atom. The van der Waals surface area contributed by atoms with Gasteiger partial charge in [0.25, 0.3) is 6.43 Å². The summed E-state index contributed by atoms with van der Waals surface area (Å²) in [5.74, 6) is 0.792. The number of nitrogens with zero attached hydrogens (tertiary/aromatic N) is 4. The highest BCUT2D eigenvalue weighted by Crippen LogP contribution is 2.32. The van der Waals surface area contributed by atoms with Gasteiger partial charge in [-0.2, -0.15) is 5.26 Å². The number of halogens is 2. The fourth-order valence-electron chi connectivity index (χ4n) is 3.66. The van der Waals surface area contributed by atoms with Gasteiger partial charge >= 0.3 is 0 Å². The molecule has 4 rings (SSSR count). The number of nitriles is 1. The van der Waals surface area contributed by atoms with Crippen molar-refractivity contribution in [3.63, 3.8) is 0 Å². The fraction of sp³-hybridized carbons (Fsp3) is 0.143. The van der Waals surface area contributed by atoms with E-state index in [2.05, 4.69) is 16.0 Å². The maximum atomic E-state index is 13.2. The van der Waals surface area contributed by atoms with Crippen LogP contribution in [-0.2, 0) is 5.75 Å². The molecule has 4 aromatic rings. The first-order valence-electron chi connectivity index (χ1n) is 11.2. The Balaban J connectivity index is 1.51. The highest BCUT2D eigenvalue weighted by molar-refractivity contribution is 7.98. The average Bonchev–Trinajstić information content (AvgIpc) is 3.45. The van der Waals surface area contributed by atoms with Crippen molar-refractivity contribution in [2.24, 2.45) is 0 Å². The summed E-state index contributed by atoms with van der Waals surface area (Å²) < 4.78 is 33.8. The van der Waals surface area contributed by atoms with Crippen LogP contribution in [0.3, 0.4) is 0 Å². The van der Waals surface area contributed by atoms with Crippen molar-refractivity contribution in [2.45, 2.75) is 24.1 Å². The number of ether oxygens (including phenoxy) is 1. The van der Waals surface area contributed by atoms with Gasteiger partial charge in [0.05, 0.1) is 19.0 Å². The molecule has 9 heteroatoms. The zero-order chi connectivity index (χ0) is 26.4. The van der Waals surface area contributed by atoms with Gasteiger partial charge in [-0.25, -0.2) is 18.7 Å². The molecule has 2 aromatic heterocycles. The zero-order valence-corrected chi connectivity index (χ0v) is 20.9. The van der Waals surface area contributed by atoms with E-state index >= 15 is 0 Å². The van der Waals surface area contributed by atoms with E-state index in [1.165, 1.54) is 31.0 Å². The third-order valence-corrected chi connectivity index (χ3v) is 6.61. The van der Waals surface area contributed by atoms with E-state index in [4.69, 9.17) is 4.74 Å². The highest BCUT2D eigenvalue weighted by Gasteiger charge is 2.17. The van der Waals surface area contributed by atoms with Crippen LogP contribution in [0.25, 0.3) is 11.8 Å². The van der Waals surface area contributed by atoms with Gasteiger partial charge in [0.15, 0.2) is 5.78 Å². The van der Waals surface area contributed by atoms with Gasteiger partial charge < -0.3 is 9.30 Å². The number of ketones is 1. The number of aryl methyl sites for hydroxylation is 1. The van der Waals surface area contributed by atoms with Crippen LogP contribution >= 0.6 is 11.8 Å². The Labute approximate surface area is 217 Å². The molecule has 2 heterocycles. The van der Waals surface area contributed by atoms with Crippen molar-refractivity contribution in [3.8, 4) is 17.5 Å². The average molecular weight is 517 g/mol. The Kier molecular flexibility index (Phi) is 8.11. The maximum absolute atomic E-state index is 13.2. The number of rotatable bonds is 9. The molecule has 37 heavy (non-hydrogen) atoms. The van der Waals surface area contributed by atoms with Crippen LogP contribution in [-0.4, -0.2) is 27.4 Å². The number of imidazole rings is 1. The largest absolute Gasteiger partial charge is 0.496 e. The molecule has 0 unspecified atom stereocenters. The molecule has 6 nitrogen and oxygen atoms in total. The van der Waals surface area contributed by atoms with E-state index in [9.17, 15) is 18.8 Å². The van der Waals surface area contributed by atoms with Gasteiger partial charge in [0.2, 0.25) is 0 Å². The molecule has 2 aromatic carbocycles. The lowest BCUT2D eigenvalue weighted by atomic mass is 10.1. The third kappa shape index (κ3) is 6.11. The minimum absolute atomic E-state index is 0.147. The summed E-state index contributed by atoms with van der Waals surface area (Å²) >= 11 is 1.19. The first kappa shape index (κ1) is 25.8. The molecule has 0 N–H and O–H groups in total. The normalized spacial score (nSPS) is 11.1. The Morgan fingerprint density at radius 3 is 2.65 bits per heavy atom. The number of methoxy groups -OCH3 is 1. The van der Waals surface area contributed by atoms with Gasteiger partial charge in [-0.15, -0.1) is 11.8 Å². The number of aromatic nitrogens is 3. The summed E-state index contributed by atoms with van der Waals surface area (Å²) in [5.41, 5.74) is 3.36. The first-order valence-corrected chi connectivity index (χ1v) is 12.2. The van der Waals surface area contributed by atoms with Gasteiger partial charge in [-0.3, -0.25) is 4.79 Å². The van der Waals surface area contributed by atoms with Gasteiger partial charge in [-0.1, -0.05) is 12.1 Å². The van der Waals surface area contributed by atoms with E-state index in [0.717, 1.165) is 16.8 Å². The number of allylic oxidation sites excluding steroid dienone is 1. The number of pyridine rings is 1. The van der Waals surface area contributed by atoms with E-state index in [-0.39, 0.29) is 22.1 Å². The number of carbonyl (C=O) groups excluding carboxylic acids is 1. The second-order valence-electron chi connectivity index (χ2n) is 8.03. The summed E-state index contributed by atoms with van der Waals surface area (Å²) in [5, 5.41) is 9.73. The molecule has 0 bridgehead atoms. The van der Waals surface area contributed by atoms with Gasteiger partial charge in [-0.05, 0) is 66.6 Å². The van der Waals surface area contributed by atoms with E-state index in [1.807, 2.05) is 35.0 Å². The summed E-state index contributed by atoms with van der Waals surface area (Å²) in [7, 11) is 1.54. The number of hydrogen-bond donors (Lipinski definition) is 0. The lowest BCUT2D eigenvalue weighted by Gasteiger charge is -2.12. The van der Waals surface area contributed by atoms with Gasteiger partial charge in [0, 0.05) is 35.0 Å². The van der Waals surface area contributed by atoms with E-state index in [1.54, 1.807) is 43.7 Å². The van der Waals surface area contributed by atoms with Crippen LogP contribution in [0, 0.1) is 18.3 Å². The third-order valence-electron chi connectivity index (χ3n) is 5.59. The van der Waals surface area contributed by atoms with E-state index in [0.29, 0.717) is 22.6 Å².